The SMILES string of the molecule is N=CCN[C@@H](Cc1ccc(O)cc1)C(=O)O. The second-order valence-electron chi connectivity index (χ2n) is 3.37. The highest BCUT2D eigenvalue weighted by atomic mass is 16.4. The quantitative estimate of drug-likeness (QED) is 0.531. The molecule has 0 bridgehead atoms. The zero-order valence-corrected chi connectivity index (χ0v) is 8.68. The Balaban J connectivity index is 2.63. The molecule has 1 rings (SSSR count). The molecule has 0 saturated heterocycles. The third-order valence-electron chi connectivity index (χ3n) is 2.14. The van der Waals surface area contributed by atoms with Crippen molar-refractivity contribution in [3.05, 3.63) is 29.8 Å². The molecule has 0 saturated carbocycles. The van der Waals surface area contributed by atoms with Crippen LogP contribution in [0.25, 0.3) is 0 Å². The summed E-state index contributed by atoms with van der Waals surface area (Å²) in [6, 6.07) is 5.68. The maximum absolute atomic E-state index is 10.9. The van der Waals surface area contributed by atoms with Crippen molar-refractivity contribution in [2.45, 2.75) is 12.5 Å². The van der Waals surface area contributed by atoms with Crippen LogP contribution in [0.15, 0.2) is 24.3 Å². The van der Waals surface area contributed by atoms with Crippen LogP contribution in [0.4, 0.5) is 0 Å². The van der Waals surface area contributed by atoms with Crippen molar-refractivity contribution in [1.82, 2.24) is 5.32 Å². The van der Waals surface area contributed by atoms with Gasteiger partial charge in [-0.2, -0.15) is 0 Å². The van der Waals surface area contributed by atoms with Gasteiger partial charge < -0.3 is 15.6 Å². The molecule has 0 aromatic heterocycles. The first kappa shape index (κ1) is 12.2. The lowest BCUT2D eigenvalue weighted by molar-refractivity contribution is -0.139. The molecule has 5 heteroatoms. The number of phenols is 1. The molecular weight excluding hydrogens is 208 g/mol. The fraction of sp³-hybridized carbons (Fsp3) is 0.273. The van der Waals surface area contributed by atoms with E-state index in [1.807, 2.05) is 0 Å². The molecule has 5 nitrogen and oxygen atoms in total. The molecule has 4 N–H and O–H groups in total. The molecule has 1 atom stereocenters. The molecule has 1 aromatic carbocycles. The van der Waals surface area contributed by atoms with Crippen LogP contribution in [0.2, 0.25) is 0 Å². The van der Waals surface area contributed by atoms with Crippen LogP contribution in [-0.4, -0.2) is 35.0 Å². The first-order chi connectivity index (χ1) is 7.63. The maximum Gasteiger partial charge on any atom is 0.321 e. The van der Waals surface area contributed by atoms with Gasteiger partial charge >= 0.3 is 5.97 Å². The normalized spacial score (nSPS) is 12.0. The summed E-state index contributed by atoms with van der Waals surface area (Å²) in [4.78, 5) is 10.9. The zero-order chi connectivity index (χ0) is 12.0. The summed E-state index contributed by atoms with van der Waals surface area (Å²) in [5.74, 6) is -0.794. The van der Waals surface area contributed by atoms with Crippen LogP contribution in [0, 0.1) is 5.41 Å². The smallest absolute Gasteiger partial charge is 0.321 e. The van der Waals surface area contributed by atoms with Gasteiger partial charge in [-0.15, -0.1) is 0 Å². The molecule has 0 aliphatic rings. The number of hydrogen-bond donors (Lipinski definition) is 4. The average molecular weight is 222 g/mol. The van der Waals surface area contributed by atoms with Crippen LogP contribution in [0.5, 0.6) is 5.75 Å². The van der Waals surface area contributed by atoms with E-state index in [2.05, 4.69) is 5.32 Å². The van der Waals surface area contributed by atoms with Crippen LogP contribution >= 0.6 is 0 Å². The Kier molecular flexibility index (Phi) is 4.47. The lowest BCUT2D eigenvalue weighted by atomic mass is 10.1. The van der Waals surface area contributed by atoms with E-state index in [1.54, 1.807) is 12.1 Å². The van der Waals surface area contributed by atoms with Gasteiger partial charge in [0.15, 0.2) is 0 Å². The summed E-state index contributed by atoms with van der Waals surface area (Å²) in [6.07, 6.45) is 1.44. The number of aliphatic carboxylic acids is 1. The summed E-state index contributed by atoms with van der Waals surface area (Å²) in [7, 11) is 0. The summed E-state index contributed by atoms with van der Waals surface area (Å²) < 4.78 is 0. The predicted octanol–water partition coefficient (Wildman–Crippen LogP) is 0.627. The summed E-state index contributed by atoms with van der Waals surface area (Å²) >= 11 is 0. The minimum absolute atomic E-state index is 0.156. The second-order valence-corrected chi connectivity index (χ2v) is 3.37. The van der Waals surface area contributed by atoms with E-state index in [9.17, 15) is 4.79 Å². The van der Waals surface area contributed by atoms with Gasteiger partial charge in [0.1, 0.15) is 11.8 Å². The Morgan fingerprint density at radius 2 is 2.06 bits per heavy atom. The molecule has 1 aromatic rings. The van der Waals surface area contributed by atoms with Crippen molar-refractivity contribution >= 4 is 12.2 Å². The molecule has 0 unspecified atom stereocenters. The zero-order valence-electron chi connectivity index (χ0n) is 8.68. The van der Waals surface area contributed by atoms with Gasteiger partial charge in [-0.05, 0) is 24.1 Å². The predicted molar refractivity (Wildman–Crippen MR) is 60.0 cm³/mol. The van der Waals surface area contributed by atoms with Gasteiger partial charge in [0.2, 0.25) is 0 Å². The van der Waals surface area contributed by atoms with Gasteiger partial charge in [-0.1, -0.05) is 12.1 Å². The number of phenolic OH excluding ortho intramolecular Hbond substituents is 1. The van der Waals surface area contributed by atoms with Gasteiger partial charge in [0, 0.05) is 12.8 Å². The minimum atomic E-state index is -0.949. The molecule has 0 fully saturated rings. The van der Waals surface area contributed by atoms with E-state index in [1.165, 1.54) is 12.1 Å². The number of benzene rings is 1. The summed E-state index contributed by atoms with van der Waals surface area (Å²) in [6.45, 7) is 0.231. The van der Waals surface area contributed by atoms with Crippen molar-refractivity contribution in [1.29, 1.82) is 5.41 Å². The average Bonchev–Trinajstić information content (AvgIpc) is 2.26. The van der Waals surface area contributed by atoms with Crippen LogP contribution in [-0.2, 0) is 11.2 Å². The van der Waals surface area contributed by atoms with E-state index < -0.39 is 12.0 Å². The fourth-order valence-electron chi connectivity index (χ4n) is 1.32. The molecule has 0 spiro atoms. The number of nitrogens with one attached hydrogen (secondary N) is 2. The molecule has 0 heterocycles. The van der Waals surface area contributed by atoms with Crippen LogP contribution in [0.3, 0.4) is 0 Å². The molecule has 0 aliphatic heterocycles. The van der Waals surface area contributed by atoms with Gasteiger partial charge in [0.05, 0.1) is 0 Å². The fourth-order valence-corrected chi connectivity index (χ4v) is 1.32. The lowest BCUT2D eigenvalue weighted by Gasteiger charge is -2.12. The molecule has 0 radical (unpaired) electrons. The van der Waals surface area contributed by atoms with Crippen molar-refractivity contribution in [3.63, 3.8) is 0 Å². The van der Waals surface area contributed by atoms with Crippen molar-refractivity contribution in [2.75, 3.05) is 6.54 Å². The number of rotatable bonds is 6. The summed E-state index contributed by atoms with van der Waals surface area (Å²) in [5.41, 5.74) is 0.822. The highest BCUT2D eigenvalue weighted by Gasteiger charge is 2.16. The molecule has 16 heavy (non-hydrogen) atoms. The molecular formula is C11H14N2O3. The molecule has 0 aliphatic carbocycles. The van der Waals surface area contributed by atoms with Gasteiger partial charge in [-0.25, -0.2) is 0 Å². The minimum Gasteiger partial charge on any atom is -0.508 e. The van der Waals surface area contributed by atoms with Gasteiger partial charge in [-0.3, -0.25) is 10.1 Å². The summed E-state index contributed by atoms with van der Waals surface area (Å²) in [5, 5.41) is 27.6. The first-order valence-electron chi connectivity index (χ1n) is 4.86. The Bertz CT molecular complexity index is 362. The Labute approximate surface area is 93.2 Å². The third-order valence-corrected chi connectivity index (χ3v) is 2.14. The second kappa shape index (κ2) is 5.87. The van der Waals surface area contributed by atoms with E-state index in [0.29, 0.717) is 6.42 Å². The lowest BCUT2D eigenvalue weighted by Crippen LogP contribution is -2.39. The third kappa shape index (κ3) is 3.70. The van der Waals surface area contributed by atoms with Crippen LogP contribution in [0.1, 0.15) is 5.56 Å². The Morgan fingerprint density at radius 3 is 2.56 bits per heavy atom. The number of aromatic hydroxyl groups is 1. The monoisotopic (exact) mass is 222 g/mol. The topological polar surface area (TPSA) is 93.4 Å². The number of carboxylic acids is 1. The largest absolute Gasteiger partial charge is 0.508 e. The standard InChI is InChI=1S/C11H14N2O3/c12-5-6-13-10(11(15)16)7-8-1-3-9(14)4-2-8/h1-5,10,12-14H,6-7H2,(H,15,16)/t10-/m0/s1. The highest BCUT2D eigenvalue weighted by molar-refractivity contribution is 5.74. The Hall–Kier alpha value is -1.88. The van der Waals surface area contributed by atoms with Crippen LogP contribution < -0.4 is 5.32 Å². The number of carbonyl (C=O) groups is 1. The van der Waals surface area contributed by atoms with E-state index in [0.717, 1.165) is 11.8 Å². The van der Waals surface area contributed by atoms with E-state index >= 15 is 0 Å². The first-order valence-corrected chi connectivity index (χ1v) is 4.86. The van der Waals surface area contributed by atoms with E-state index in [4.69, 9.17) is 15.6 Å². The Morgan fingerprint density at radius 1 is 1.44 bits per heavy atom. The number of carboxylic acid groups (broad SMARTS) is 1. The van der Waals surface area contributed by atoms with Crippen molar-refractivity contribution in [3.8, 4) is 5.75 Å². The maximum atomic E-state index is 10.9. The molecule has 0 amide bonds. The van der Waals surface area contributed by atoms with Gasteiger partial charge in [0.25, 0.3) is 0 Å². The highest BCUT2D eigenvalue weighted by Crippen LogP contribution is 2.11. The van der Waals surface area contributed by atoms with Crippen molar-refractivity contribution < 1.29 is 15.0 Å². The van der Waals surface area contributed by atoms with E-state index in [-0.39, 0.29) is 12.3 Å². The van der Waals surface area contributed by atoms with Crippen molar-refractivity contribution in [2.24, 2.45) is 0 Å². The number of hydrogen-bond acceptors (Lipinski definition) is 4. The molecule has 86 valence electrons.